The van der Waals surface area contributed by atoms with Crippen molar-refractivity contribution in [1.82, 2.24) is 9.80 Å². The Labute approximate surface area is 203 Å². The zero-order chi connectivity index (χ0) is 24.3. The van der Waals surface area contributed by atoms with E-state index in [1.807, 2.05) is 30.0 Å². The van der Waals surface area contributed by atoms with Crippen LogP contribution in [0.15, 0.2) is 49.0 Å². The number of hydrogen-bond acceptors (Lipinski definition) is 5. The second-order valence-corrected chi connectivity index (χ2v) is 11.1. The van der Waals surface area contributed by atoms with Crippen molar-refractivity contribution in [2.45, 2.75) is 32.9 Å². The van der Waals surface area contributed by atoms with E-state index in [-0.39, 0.29) is 17.7 Å². The molecule has 34 heavy (non-hydrogen) atoms. The summed E-state index contributed by atoms with van der Waals surface area (Å²) in [5.74, 6) is 0.0833. The van der Waals surface area contributed by atoms with Gasteiger partial charge in [0.05, 0.1) is 18.0 Å². The third kappa shape index (κ3) is 5.51. The van der Waals surface area contributed by atoms with E-state index in [1.54, 1.807) is 13.0 Å². The lowest BCUT2D eigenvalue weighted by molar-refractivity contribution is -0.120. The van der Waals surface area contributed by atoms with Crippen molar-refractivity contribution in [2.24, 2.45) is 0 Å². The second-order valence-electron chi connectivity index (χ2n) is 9.13. The van der Waals surface area contributed by atoms with Crippen molar-refractivity contribution in [3.8, 4) is 0 Å². The quantitative estimate of drug-likeness (QED) is 0.626. The minimum atomic E-state index is -3.40. The van der Waals surface area contributed by atoms with Crippen LogP contribution in [-0.4, -0.2) is 68.6 Å². The number of amides is 1. The largest absolute Gasteiger partial charge is 0.308 e. The van der Waals surface area contributed by atoms with Crippen LogP contribution in [0.3, 0.4) is 0 Å². The number of nitrogens with zero attached hydrogens (tertiary/aromatic N) is 3. The lowest BCUT2D eigenvalue weighted by Gasteiger charge is -2.35. The number of anilines is 2. The first-order chi connectivity index (χ1) is 16.3. The lowest BCUT2D eigenvalue weighted by Crippen LogP contribution is -2.50. The Morgan fingerprint density at radius 1 is 1.12 bits per heavy atom. The number of nitrogens with one attached hydrogen (secondary N) is 1. The number of sulfonamides is 1. The van der Waals surface area contributed by atoms with Crippen molar-refractivity contribution >= 4 is 33.4 Å². The van der Waals surface area contributed by atoms with Gasteiger partial charge in [0, 0.05) is 50.0 Å². The summed E-state index contributed by atoms with van der Waals surface area (Å²) in [5.41, 5.74) is 4.35. The molecule has 1 atom stereocenters. The molecule has 0 aromatic heterocycles. The minimum Gasteiger partial charge on any atom is -0.308 e. The molecule has 0 radical (unpaired) electrons. The number of carbonyl (C=O) groups is 1. The third-order valence-corrected chi connectivity index (χ3v) is 7.96. The SMILES string of the molecule is C=Cc1cc2c(cc1NS(=O)(=O)CC)CC(C)N2C(=O)CN1CCN(Cc2ccccc2)CC1. The summed E-state index contributed by atoms with van der Waals surface area (Å²) >= 11 is 0. The van der Waals surface area contributed by atoms with Crippen LogP contribution in [0.5, 0.6) is 0 Å². The topological polar surface area (TPSA) is 73.0 Å². The lowest BCUT2D eigenvalue weighted by atomic mass is 10.1. The zero-order valence-electron chi connectivity index (χ0n) is 20.0. The van der Waals surface area contributed by atoms with Gasteiger partial charge in [0.15, 0.2) is 0 Å². The van der Waals surface area contributed by atoms with E-state index in [1.165, 1.54) is 5.56 Å². The molecule has 0 bridgehead atoms. The predicted octanol–water partition coefficient (Wildman–Crippen LogP) is 3.19. The van der Waals surface area contributed by atoms with Gasteiger partial charge in [0.25, 0.3) is 0 Å². The highest BCUT2D eigenvalue weighted by atomic mass is 32.2. The second kappa shape index (κ2) is 10.3. The van der Waals surface area contributed by atoms with Gasteiger partial charge < -0.3 is 4.90 Å². The normalized spacial score (nSPS) is 19.1. The molecule has 8 heteroatoms. The highest BCUT2D eigenvalue weighted by Crippen LogP contribution is 2.37. The van der Waals surface area contributed by atoms with Crippen molar-refractivity contribution in [1.29, 1.82) is 0 Å². The fourth-order valence-corrected chi connectivity index (χ4v) is 5.43. The summed E-state index contributed by atoms with van der Waals surface area (Å²) < 4.78 is 26.9. The van der Waals surface area contributed by atoms with Crippen molar-refractivity contribution in [2.75, 3.05) is 48.1 Å². The molecule has 1 amide bonds. The first-order valence-electron chi connectivity index (χ1n) is 11.9. The van der Waals surface area contributed by atoms with Crippen LogP contribution in [-0.2, 0) is 27.8 Å². The van der Waals surface area contributed by atoms with Crippen molar-refractivity contribution in [3.05, 3.63) is 65.7 Å². The number of fused-ring (bicyclic) bond motifs is 1. The molecule has 0 aliphatic carbocycles. The van der Waals surface area contributed by atoms with Crippen LogP contribution in [0.1, 0.15) is 30.5 Å². The van der Waals surface area contributed by atoms with Crippen LogP contribution in [0.4, 0.5) is 11.4 Å². The molecular formula is C26H34N4O3S. The molecule has 2 aliphatic rings. The van der Waals surface area contributed by atoms with E-state index in [9.17, 15) is 13.2 Å². The smallest absolute Gasteiger partial charge is 0.241 e. The van der Waals surface area contributed by atoms with Crippen LogP contribution < -0.4 is 9.62 Å². The molecule has 2 aromatic rings. The summed E-state index contributed by atoms with van der Waals surface area (Å²) in [7, 11) is -3.40. The van der Waals surface area contributed by atoms with E-state index in [2.05, 4.69) is 45.4 Å². The molecule has 1 unspecified atom stereocenters. The zero-order valence-corrected chi connectivity index (χ0v) is 20.9. The Hall–Kier alpha value is -2.68. The van der Waals surface area contributed by atoms with Gasteiger partial charge in [-0.2, -0.15) is 0 Å². The van der Waals surface area contributed by atoms with Gasteiger partial charge in [-0.15, -0.1) is 0 Å². The van der Waals surface area contributed by atoms with Crippen LogP contribution >= 0.6 is 0 Å². The van der Waals surface area contributed by atoms with Gasteiger partial charge in [-0.05, 0) is 43.5 Å². The number of benzene rings is 2. The molecule has 182 valence electrons. The summed E-state index contributed by atoms with van der Waals surface area (Å²) in [6, 6.07) is 14.2. The van der Waals surface area contributed by atoms with E-state index < -0.39 is 10.0 Å². The summed E-state index contributed by atoms with van der Waals surface area (Å²) in [5, 5.41) is 0. The molecule has 0 spiro atoms. The molecule has 1 N–H and O–H groups in total. The van der Waals surface area contributed by atoms with Crippen molar-refractivity contribution < 1.29 is 13.2 Å². The number of carbonyl (C=O) groups excluding carboxylic acids is 1. The van der Waals surface area contributed by atoms with E-state index in [4.69, 9.17) is 0 Å². The predicted molar refractivity (Wildman–Crippen MR) is 138 cm³/mol. The Bertz CT molecular complexity index is 1140. The number of hydrogen-bond donors (Lipinski definition) is 1. The van der Waals surface area contributed by atoms with Gasteiger partial charge in [0.1, 0.15) is 0 Å². The molecule has 1 saturated heterocycles. The van der Waals surface area contributed by atoms with Crippen LogP contribution in [0.25, 0.3) is 6.08 Å². The van der Waals surface area contributed by atoms with Gasteiger partial charge >= 0.3 is 0 Å². The minimum absolute atomic E-state index is 0.000291. The average Bonchev–Trinajstić information content (AvgIpc) is 3.14. The van der Waals surface area contributed by atoms with E-state index in [0.717, 1.165) is 44.0 Å². The summed E-state index contributed by atoms with van der Waals surface area (Å²) in [6.45, 7) is 12.4. The Balaban J connectivity index is 1.41. The first kappa shape index (κ1) is 24.4. The fraction of sp³-hybridized carbons (Fsp3) is 0.423. The van der Waals surface area contributed by atoms with Gasteiger partial charge in [0.2, 0.25) is 15.9 Å². The molecule has 4 rings (SSSR count). The van der Waals surface area contributed by atoms with Gasteiger partial charge in [-0.25, -0.2) is 8.42 Å². The molecule has 1 fully saturated rings. The maximum atomic E-state index is 13.4. The first-order valence-corrected chi connectivity index (χ1v) is 13.6. The van der Waals surface area contributed by atoms with Crippen LogP contribution in [0.2, 0.25) is 0 Å². The fourth-order valence-electron chi connectivity index (χ4n) is 4.78. The maximum absolute atomic E-state index is 13.4. The molecular weight excluding hydrogens is 448 g/mol. The van der Waals surface area contributed by atoms with Crippen LogP contribution in [0, 0.1) is 0 Å². The summed E-state index contributed by atoms with van der Waals surface area (Å²) in [6.07, 6.45) is 2.33. The van der Waals surface area contributed by atoms with Gasteiger partial charge in [-0.1, -0.05) is 43.0 Å². The van der Waals surface area contributed by atoms with Gasteiger partial charge in [-0.3, -0.25) is 19.3 Å². The Kier molecular flexibility index (Phi) is 7.40. The highest BCUT2D eigenvalue weighted by Gasteiger charge is 2.33. The third-order valence-electron chi connectivity index (χ3n) is 6.67. The monoisotopic (exact) mass is 482 g/mol. The standard InChI is InChI=1S/C26H34N4O3S/c1-4-22-17-25-23(16-24(22)27-34(32,33)5-2)15-20(3)30(25)26(31)19-29-13-11-28(12-14-29)18-21-9-7-6-8-10-21/h4,6-10,16-17,20,27H,1,5,11-15,18-19H2,2-3H3. The van der Waals surface area contributed by atoms with E-state index in [0.29, 0.717) is 24.2 Å². The Morgan fingerprint density at radius 3 is 2.44 bits per heavy atom. The molecule has 2 heterocycles. The molecule has 2 aromatic carbocycles. The Morgan fingerprint density at radius 2 is 1.79 bits per heavy atom. The number of piperazine rings is 1. The summed E-state index contributed by atoms with van der Waals surface area (Å²) in [4.78, 5) is 19.9. The molecule has 2 aliphatic heterocycles. The maximum Gasteiger partial charge on any atom is 0.241 e. The van der Waals surface area contributed by atoms with E-state index >= 15 is 0 Å². The molecule has 7 nitrogen and oxygen atoms in total. The average molecular weight is 483 g/mol. The number of rotatable bonds is 8. The highest BCUT2D eigenvalue weighted by molar-refractivity contribution is 7.92. The van der Waals surface area contributed by atoms with Crippen molar-refractivity contribution in [3.63, 3.8) is 0 Å². The molecule has 0 saturated carbocycles.